The first-order chi connectivity index (χ1) is 20.5. The molecule has 0 aliphatic carbocycles. The standard InChI is InChI=1S/C30H27FN8O3S/c1-16(2)30(40)34-21-13-19(14-32-15-21)23-4-5-24-26(35-23)27(39-38-24)29-36-25-22(6-8-33-28(25)37-29)18-10-17(11-20(31)12-18)7-9-43(3,41)42/h4-6,8,10-16H,7,9H2,1-3H3,(H,34,40)(H,38,39)(H,33,36,37). The highest BCUT2D eigenvalue weighted by atomic mass is 32.2. The molecule has 0 aliphatic rings. The minimum Gasteiger partial charge on any atom is -0.335 e. The van der Waals surface area contributed by atoms with E-state index in [0.717, 1.165) is 6.26 Å². The van der Waals surface area contributed by atoms with E-state index in [2.05, 4.69) is 35.5 Å². The lowest BCUT2D eigenvalue weighted by Crippen LogP contribution is -2.17. The van der Waals surface area contributed by atoms with Gasteiger partial charge in [-0.2, -0.15) is 5.10 Å². The summed E-state index contributed by atoms with van der Waals surface area (Å²) >= 11 is 0. The molecular formula is C30H27FN8O3S. The monoisotopic (exact) mass is 598 g/mol. The van der Waals surface area contributed by atoms with E-state index < -0.39 is 15.7 Å². The minimum atomic E-state index is -3.20. The summed E-state index contributed by atoms with van der Waals surface area (Å²) in [7, 11) is -3.20. The van der Waals surface area contributed by atoms with Gasteiger partial charge in [0.1, 0.15) is 21.2 Å². The molecular weight excluding hydrogens is 571 g/mol. The van der Waals surface area contributed by atoms with Gasteiger partial charge in [-0.3, -0.25) is 14.9 Å². The third-order valence-corrected chi connectivity index (χ3v) is 7.83. The molecule has 6 aromatic rings. The molecule has 5 aromatic heterocycles. The van der Waals surface area contributed by atoms with Crippen molar-refractivity contribution in [2.45, 2.75) is 20.3 Å². The second-order valence-electron chi connectivity index (χ2n) is 10.6. The van der Waals surface area contributed by atoms with E-state index in [-0.39, 0.29) is 24.0 Å². The molecule has 0 saturated carbocycles. The number of pyridine rings is 3. The summed E-state index contributed by atoms with van der Waals surface area (Å²) in [5, 5.41) is 10.3. The highest BCUT2D eigenvalue weighted by Crippen LogP contribution is 2.32. The van der Waals surface area contributed by atoms with Crippen LogP contribution in [-0.2, 0) is 21.1 Å². The molecule has 0 aliphatic heterocycles. The van der Waals surface area contributed by atoms with Crippen molar-refractivity contribution in [1.29, 1.82) is 0 Å². The Hall–Kier alpha value is -5.04. The quantitative estimate of drug-likeness (QED) is 0.222. The van der Waals surface area contributed by atoms with Crippen LogP contribution in [-0.4, -0.2) is 61.5 Å². The first-order valence-corrected chi connectivity index (χ1v) is 15.5. The highest BCUT2D eigenvalue weighted by molar-refractivity contribution is 7.90. The molecule has 1 aromatic carbocycles. The largest absolute Gasteiger partial charge is 0.335 e. The van der Waals surface area contributed by atoms with Crippen molar-refractivity contribution in [3.63, 3.8) is 0 Å². The van der Waals surface area contributed by atoms with Gasteiger partial charge >= 0.3 is 0 Å². The molecule has 13 heteroatoms. The molecule has 0 saturated heterocycles. The zero-order valence-corrected chi connectivity index (χ0v) is 24.3. The van der Waals surface area contributed by atoms with E-state index in [4.69, 9.17) is 4.98 Å². The molecule has 0 radical (unpaired) electrons. The lowest BCUT2D eigenvalue weighted by atomic mass is 10.0. The normalized spacial score (nSPS) is 11.9. The van der Waals surface area contributed by atoms with Crippen molar-refractivity contribution in [2.24, 2.45) is 5.92 Å². The molecule has 218 valence electrons. The van der Waals surface area contributed by atoms with Gasteiger partial charge in [0.25, 0.3) is 0 Å². The Morgan fingerprint density at radius 3 is 2.67 bits per heavy atom. The van der Waals surface area contributed by atoms with Crippen LogP contribution in [0.4, 0.5) is 10.1 Å². The molecule has 0 spiro atoms. The molecule has 1 amide bonds. The number of imidazole rings is 1. The Labute approximate surface area is 246 Å². The van der Waals surface area contributed by atoms with E-state index in [1.807, 2.05) is 32.0 Å². The Morgan fingerprint density at radius 2 is 1.88 bits per heavy atom. The second-order valence-corrected chi connectivity index (χ2v) is 12.9. The predicted molar refractivity (Wildman–Crippen MR) is 162 cm³/mol. The summed E-state index contributed by atoms with van der Waals surface area (Å²) < 4.78 is 37.9. The number of carbonyl (C=O) groups excluding carboxylic acids is 1. The van der Waals surface area contributed by atoms with Crippen LogP contribution in [0.5, 0.6) is 0 Å². The molecule has 11 nitrogen and oxygen atoms in total. The third-order valence-electron chi connectivity index (χ3n) is 6.88. The summed E-state index contributed by atoms with van der Waals surface area (Å²) in [6, 6.07) is 11.7. The number of aryl methyl sites for hydroxylation is 1. The number of aromatic nitrogens is 7. The zero-order chi connectivity index (χ0) is 30.3. The van der Waals surface area contributed by atoms with E-state index in [1.165, 1.54) is 12.1 Å². The summed E-state index contributed by atoms with van der Waals surface area (Å²) in [6.07, 6.45) is 6.18. The van der Waals surface area contributed by atoms with Gasteiger partial charge in [-0.25, -0.2) is 27.8 Å². The number of fused-ring (bicyclic) bond motifs is 2. The zero-order valence-electron chi connectivity index (χ0n) is 23.5. The van der Waals surface area contributed by atoms with Crippen LogP contribution in [0.1, 0.15) is 19.4 Å². The van der Waals surface area contributed by atoms with E-state index in [9.17, 15) is 17.6 Å². The van der Waals surface area contributed by atoms with Crippen molar-refractivity contribution < 1.29 is 17.6 Å². The summed E-state index contributed by atoms with van der Waals surface area (Å²) in [5.41, 5.74) is 6.38. The fourth-order valence-corrected chi connectivity index (χ4v) is 5.28. The minimum absolute atomic E-state index is 0.0794. The van der Waals surface area contributed by atoms with Gasteiger partial charge < -0.3 is 10.3 Å². The van der Waals surface area contributed by atoms with Gasteiger partial charge in [-0.15, -0.1) is 0 Å². The molecule has 5 heterocycles. The topological polar surface area (TPSA) is 159 Å². The van der Waals surface area contributed by atoms with Gasteiger partial charge in [-0.05, 0) is 53.9 Å². The third kappa shape index (κ3) is 5.97. The average Bonchev–Trinajstić information content (AvgIpc) is 3.59. The predicted octanol–water partition coefficient (Wildman–Crippen LogP) is 4.95. The smallest absolute Gasteiger partial charge is 0.226 e. The van der Waals surface area contributed by atoms with Gasteiger partial charge in [0.15, 0.2) is 17.2 Å². The average molecular weight is 599 g/mol. The number of carbonyl (C=O) groups is 1. The van der Waals surface area contributed by atoms with Crippen LogP contribution < -0.4 is 5.32 Å². The Kier molecular flexibility index (Phi) is 7.18. The summed E-state index contributed by atoms with van der Waals surface area (Å²) in [6.45, 7) is 3.63. The van der Waals surface area contributed by atoms with E-state index >= 15 is 0 Å². The first-order valence-electron chi connectivity index (χ1n) is 13.5. The fraction of sp³-hybridized carbons (Fsp3) is 0.200. The van der Waals surface area contributed by atoms with Crippen LogP contribution >= 0.6 is 0 Å². The van der Waals surface area contributed by atoms with E-state index in [0.29, 0.717) is 67.4 Å². The number of amides is 1. The number of anilines is 1. The number of hydrogen-bond donors (Lipinski definition) is 3. The maximum Gasteiger partial charge on any atom is 0.226 e. The molecule has 6 rings (SSSR count). The number of nitrogens with zero attached hydrogens (tertiary/aromatic N) is 5. The van der Waals surface area contributed by atoms with Crippen LogP contribution in [0.2, 0.25) is 0 Å². The van der Waals surface area contributed by atoms with Gasteiger partial charge in [0.2, 0.25) is 5.91 Å². The molecule has 3 N–H and O–H groups in total. The van der Waals surface area contributed by atoms with Crippen LogP contribution in [0.25, 0.3) is 56.1 Å². The van der Waals surface area contributed by atoms with Gasteiger partial charge in [0, 0.05) is 35.7 Å². The summed E-state index contributed by atoms with van der Waals surface area (Å²) in [5.74, 6) is -0.419. The SMILES string of the molecule is CC(C)C(=O)Nc1cncc(-c2ccc3[nH]nc(-c4nc5nccc(-c6cc(F)cc(CCS(C)(=O)=O)c6)c5[nH]4)c3n2)c1. The number of halogens is 1. The molecule has 0 unspecified atom stereocenters. The highest BCUT2D eigenvalue weighted by Gasteiger charge is 2.18. The number of aromatic amines is 2. The van der Waals surface area contributed by atoms with Crippen molar-refractivity contribution in [3.05, 3.63) is 72.4 Å². The number of nitrogens with one attached hydrogen (secondary N) is 3. The number of benzene rings is 1. The Morgan fingerprint density at radius 1 is 1.05 bits per heavy atom. The lowest BCUT2D eigenvalue weighted by molar-refractivity contribution is -0.118. The Balaban J connectivity index is 1.38. The van der Waals surface area contributed by atoms with Crippen LogP contribution in [0, 0.1) is 11.7 Å². The van der Waals surface area contributed by atoms with Crippen molar-refractivity contribution in [3.8, 4) is 33.9 Å². The summed E-state index contributed by atoms with van der Waals surface area (Å²) in [4.78, 5) is 33.6. The first kappa shape index (κ1) is 28.1. The molecule has 43 heavy (non-hydrogen) atoms. The maximum absolute atomic E-state index is 14.6. The number of H-pyrrole nitrogens is 2. The van der Waals surface area contributed by atoms with E-state index in [1.54, 1.807) is 30.7 Å². The van der Waals surface area contributed by atoms with Gasteiger partial charge in [0.05, 0.1) is 34.4 Å². The maximum atomic E-state index is 14.6. The molecule has 0 bridgehead atoms. The van der Waals surface area contributed by atoms with Crippen LogP contribution in [0.15, 0.2) is 61.1 Å². The number of hydrogen-bond acceptors (Lipinski definition) is 8. The molecule has 0 atom stereocenters. The van der Waals surface area contributed by atoms with Crippen LogP contribution in [0.3, 0.4) is 0 Å². The fourth-order valence-electron chi connectivity index (χ4n) is 4.68. The van der Waals surface area contributed by atoms with Gasteiger partial charge in [-0.1, -0.05) is 19.9 Å². The number of sulfone groups is 1. The van der Waals surface area contributed by atoms with Crippen molar-refractivity contribution >= 4 is 43.6 Å². The number of rotatable bonds is 8. The Bertz CT molecular complexity index is 2120. The second kappa shape index (κ2) is 11.0. The molecule has 0 fully saturated rings. The van der Waals surface area contributed by atoms with Crippen molar-refractivity contribution in [1.82, 2.24) is 35.1 Å². The van der Waals surface area contributed by atoms with Crippen molar-refractivity contribution in [2.75, 3.05) is 17.3 Å². The lowest BCUT2D eigenvalue weighted by Gasteiger charge is -2.08.